The number of aryl methyl sites for hydroxylation is 1. The lowest BCUT2D eigenvalue weighted by atomic mass is 9.54. The number of fused-ring (bicyclic) bond motifs is 1. The molecule has 4 amide bonds. The minimum atomic E-state index is -1.35. The van der Waals surface area contributed by atoms with Crippen molar-refractivity contribution in [3.05, 3.63) is 35.1 Å². The van der Waals surface area contributed by atoms with Crippen molar-refractivity contribution in [2.75, 3.05) is 40.3 Å². The van der Waals surface area contributed by atoms with E-state index in [9.17, 15) is 29.1 Å². The van der Waals surface area contributed by atoms with Crippen LogP contribution in [-0.2, 0) is 29.3 Å². The summed E-state index contributed by atoms with van der Waals surface area (Å²) in [5.41, 5.74) is 5.03. The van der Waals surface area contributed by atoms with Gasteiger partial charge in [0.05, 0.1) is 24.2 Å². The molecule has 1 aromatic carbocycles. The zero-order valence-electron chi connectivity index (χ0n) is 32.7. The summed E-state index contributed by atoms with van der Waals surface area (Å²) in [6.45, 7) is 6.74. The molecule has 0 saturated carbocycles. The number of nitrogens with two attached hydrogens (primary N) is 1. The van der Waals surface area contributed by atoms with Gasteiger partial charge in [-0.3, -0.25) is 24.6 Å². The van der Waals surface area contributed by atoms with Crippen LogP contribution in [0, 0.1) is 12.3 Å². The molecule has 9 N–H and O–H groups in total. The van der Waals surface area contributed by atoms with Crippen molar-refractivity contribution in [1.82, 2.24) is 31.1 Å². The van der Waals surface area contributed by atoms with E-state index < -0.39 is 71.5 Å². The number of hydrogen-bond acceptors (Lipinski definition) is 11. The fourth-order valence-corrected chi connectivity index (χ4v) is 8.70. The fraction of sp³-hybridized carbons (Fsp3) is 0.632. The highest BCUT2D eigenvalue weighted by Crippen LogP contribution is 2.62. The summed E-state index contributed by atoms with van der Waals surface area (Å²) in [6, 6.07) is 0.937. The van der Waals surface area contributed by atoms with Gasteiger partial charge in [0, 0.05) is 37.7 Å². The molecule has 5 rings (SSSR count). The molecule has 1 unspecified atom stereocenters. The SMILES string of the molecule is COc1ccc(C)c2c1O[C@H]1C(OC(=O)N3CCCCC3CNC(=O)[C@H](CCCNC(=N)N)NC(=O)[C@H](C)NC(=O)CC(=O)O)=CC[C@@]3(O)[C@@H](C)N(C)CC[C@]213. The Bertz CT molecular complexity index is 1740. The summed E-state index contributed by atoms with van der Waals surface area (Å²) >= 11 is 0. The molecule has 4 aliphatic rings. The first-order chi connectivity index (χ1) is 26.5. The van der Waals surface area contributed by atoms with Crippen LogP contribution in [0.15, 0.2) is 24.0 Å². The predicted molar refractivity (Wildman–Crippen MR) is 203 cm³/mol. The third-order valence-electron chi connectivity index (χ3n) is 11.8. The average Bonchev–Trinajstić information content (AvgIpc) is 3.52. The first-order valence-corrected chi connectivity index (χ1v) is 19.2. The number of aliphatic hydroxyl groups is 1. The van der Waals surface area contributed by atoms with Crippen LogP contribution in [0.25, 0.3) is 0 Å². The number of nitrogens with one attached hydrogen (secondary N) is 5. The van der Waals surface area contributed by atoms with Gasteiger partial charge < -0.3 is 61.2 Å². The van der Waals surface area contributed by atoms with E-state index in [-0.39, 0.29) is 37.9 Å². The molecule has 0 radical (unpaired) electrons. The zero-order chi connectivity index (χ0) is 40.9. The molecule has 0 bridgehead atoms. The van der Waals surface area contributed by atoms with Gasteiger partial charge in [0.1, 0.15) is 24.3 Å². The van der Waals surface area contributed by atoms with E-state index >= 15 is 0 Å². The molecule has 3 heterocycles. The smallest absolute Gasteiger partial charge is 0.415 e. The van der Waals surface area contributed by atoms with Crippen LogP contribution in [0.2, 0.25) is 0 Å². The van der Waals surface area contributed by atoms with E-state index in [1.54, 1.807) is 18.1 Å². The Morgan fingerprint density at radius 1 is 1.12 bits per heavy atom. The number of aliphatic carboxylic acids is 1. The van der Waals surface area contributed by atoms with Crippen molar-refractivity contribution in [1.29, 1.82) is 5.41 Å². The number of ether oxygens (including phenoxy) is 3. The Labute approximate surface area is 326 Å². The molecule has 1 aliphatic carbocycles. The summed E-state index contributed by atoms with van der Waals surface area (Å²) in [7, 11) is 3.55. The molecule has 18 heteroatoms. The quantitative estimate of drug-likeness (QED) is 0.0557. The van der Waals surface area contributed by atoms with E-state index in [1.165, 1.54) is 6.92 Å². The Balaban J connectivity index is 1.30. The number of likely N-dealkylation sites (tertiary alicyclic amines) is 2. The molecule has 7 atom stereocenters. The topological polar surface area (TPSA) is 258 Å². The molecule has 0 aromatic heterocycles. The lowest BCUT2D eigenvalue weighted by molar-refractivity contribution is -0.153. The summed E-state index contributed by atoms with van der Waals surface area (Å²) in [4.78, 5) is 67.2. The van der Waals surface area contributed by atoms with Gasteiger partial charge in [-0.25, -0.2) is 4.79 Å². The first kappa shape index (κ1) is 42.1. The van der Waals surface area contributed by atoms with E-state index in [0.717, 1.165) is 24.0 Å². The zero-order valence-corrected chi connectivity index (χ0v) is 32.7. The Hall–Kier alpha value is -5.10. The number of piperidine rings is 2. The van der Waals surface area contributed by atoms with Crippen LogP contribution in [0.3, 0.4) is 0 Å². The number of methoxy groups -OCH3 is 1. The number of carbonyl (C=O) groups is 5. The molecule has 18 nitrogen and oxygen atoms in total. The minimum Gasteiger partial charge on any atom is -0.493 e. The van der Waals surface area contributed by atoms with Gasteiger partial charge in [-0.1, -0.05) is 6.07 Å². The summed E-state index contributed by atoms with van der Waals surface area (Å²) in [6.07, 6.45) is 2.92. The van der Waals surface area contributed by atoms with Gasteiger partial charge in [0.15, 0.2) is 23.6 Å². The van der Waals surface area contributed by atoms with Crippen LogP contribution in [0.5, 0.6) is 11.5 Å². The number of carbonyl (C=O) groups excluding carboxylic acids is 4. The number of nitrogens with zero attached hydrogens (tertiary/aromatic N) is 2. The third kappa shape index (κ3) is 8.35. The van der Waals surface area contributed by atoms with Crippen molar-refractivity contribution < 1.29 is 48.4 Å². The highest BCUT2D eigenvalue weighted by molar-refractivity contribution is 5.96. The van der Waals surface area contributed by atoms with E-state index in [4.69, 9.17) is 30.5 Å². The normalized spacial score (nSPS) is 26.4. The minimum absolute atomic E-state index is 0.0608. The average molecular weight is 785 g/mol. The number of carboxylic acid groups (broad SMARTS) is 1. The number of likely N-dealkylation sites (N-methyl/N-ethyl adjacent to an activating group) is 1. The largest absolute Gasteiger partial charge is 0.493 e. The summed E-state index contributed by atoms with van der Waals surface area (Å²) in [5, 5.41) is 39.3. The molecule has 3 aliphatic heterocycles. The van der Waals surface area contributed by atoms with Crippen molar-refractivity contribution in [2.45, 2.75) is 113 Å². The lowest BCUT2D eigenvalue weighted by Crippen LogP contribution is -2.71. The van der Waals surface area contributed by atoms with Crippen molar-refractivity contribution >= 4 is 35.7 Å². The third-order valence-corrected chi connectivity index (χ3v) is 11.8. The first-order valence-electron chi connectivity index (χ1n) is 19.2. The number of guanidine groups is 1. The summed E-state index contributed by atoms with van der Waals surface area (Å²) < 4.78 is 18.6. The lowest BCUT2D eigenvalue weighted by Gasteiger charge is -2.58. The number of carboxylic acids is 1. The number of hydrogen-bond donors (Lipinski definition) is 8. The van der Waals surface area contributed by atoms with Gasteiger partial charge in [-0.15, -0.1) is 0 Å². The predicted octanol–water partition coefficient (Wildman–Crippen LogP) is 0.580. The second kappa shape index (κ2) is 17.4. The standard InChI is InChI=1S/C38H56N8O10/c1-21-11-12-26(54-5)31-30(21)37-15-18-45(4)23(3)38(37,53)14-13-27(32(37)56-31)55-36(52)46-17-7-6-9-24(46)20-42-34(51)25(10-8-16-41-35(39)40)44-33(50)22(2)43-28(47)19-29(48)49/h11-13,22-25,32,53H,6-10,14-20H2,1-5H3,(H,42,51)(H,43,47)(H,44,50)(H,48,49)(H4,39,40,41)/t22-,23+,24?,25-,32-,37-,38+/m0/s1. The highest BCUT2D eigenvalue weighted by Gasteiger charge is 2.69. The second-order valence-electron chi connectivity index (χ2n) is 15.3. The fourth-order valence-electron chi connectivity index (χ4n) is 8.70. The van der Waals surface area contributed by atoms with Crippen LogP contribution in [0.1, 0.15) is 76.3 Å². The second-order valence-corrected chi connectivity index (χ2v) is 15.3. The molecule has 1 aromatic rings. The van der Waals surface area contributed by atoms with Gasteiger partial charge in [0.25, 0.3) is 0 Å². The van der Waals surface area contributed by atoms with Crippen LogP contribution in [0.4, 0.5) is 4.79 Å². The van der Waals surface area contributed by atoms with Gasteiger partial charge in [-0.05, 0) is 90.6 Å². The number of benzene rings is 1. The van der Waals surface area contributed by atoms with E-state index in [1.807, 2.05) is 33.0 Å². The molecular weight excluding hydrogens is 728 g/mol. The van der Waals surface area contributed by atoms with E-state index in [0.29, 0.717) is 49.6 Å². The molecular formula is C38H56N8O10. The summed E-state index contributed by atoms with van der Waals surface area (Å²) in [5.74, 6) is -2.30. The Morgan fingerprint density at radius 2 is 1.88 bits per heavy atom. The maximum atomic E-state index is 14.1. The van der Waals surface area contributed by atoms with Crippen molar-refractivity contribution in [3.8, 4) is 11.5 Å². The van der Waals surface area contributed by atoms with Crippen LogP contribution >= 0.6 is 0 Å². The van der Waals surface area contributed by atoms with Gasteiger partial charge in [0.2, 0.25) is 17.7 Å². The Kier molecular flexibility index (Phi) is 13.0. The number of amides is 4. The molecule has 1 spiro atoms. The molecule has 2 saturated heterocycles. The maximum Gasteiger partial charge on any atom is 0.415 e. The van der Waals surface area contributed by atoms with E-state index in [2.05, 4.69) is 26.2 Å². The monoisotopic (exact) mass is 784 g/mol. The number of rotatable bonds is 14. The van der Waals surface area contributed by atoms with Gasteiger partial charge >= 0.3 is 12.1 Å². The van der Waals surface area contributed by atoms with Crippen molar-refractivity contribution in [2.24, 2.45) is 5.73 Å². The molecule has 308 valence electrons. The van der Waals surface area contributed by atoms with Gasteiger partial charge in [-0.2, -0.15) is 0 Å². The van der Waals surface area contributed by atoms with Crippen LogP contribution < -0.4 is 36.5 Å². The molecule has 2 fully saturated rings. The van der Waals surface area contributed by atoms with Crippen molar-refractivity contribution in [3.63, 3.8) is 0 Å². The molecule has 56 heavy (non-hydrogen) atoms. The Morgan fingerprint density at radius 3 is 2.57 bits per heavy atom. The maximum absolute atomic E-state index is 14.1. The van der Waals surface area contributed by atoms with Crippen LogP contribution in [-0.4, -0.2) is 132 Å². The highest BCUT2D eigenvalue weighted by atomic mass is 16.6.